The van der Waals surface area contributed by atoms with Crippen LogP contribution in [0, 0.1) is 12.8 Å². The van der Waals surface area contributed by atoms with Gasteiger partial charge in [0.25, 0.3) is 0 Å². The van der Waals surface area contributed by atoms with E-state index in [1.165, 1.54) is 11.1 Å². The predicted octanol–water partition coefficient (Wildman–Crippen LogP) is 2.83. The zero-order valence-electron chi connectivity index (χ0n) is 11.6. The molecule has 102 valence electrons. The van der Waals surface area contributed by atoms with E-state index in [0.29, 0.717) is 12.5 Å². The molecule has 0 aliphatic heterocycles. The third kappa shape index (κ3) is 6.43. The molecular weight excluding hydrogens is 242 g/mol. The molecule has 3 heteroatoms. The zero-order chi connectivity index (χ0) is 13.4. The quantitative estimate of drug-likeness (QED) is 0.759. The second-order valence-electron chi connectivity index (χ2n) is 5.15. The van der Waals surface area contributed by atoms with Crippen molar-refractivity contribution in [2.45, 2.75) is 32.6 Å². The summed E-state index contributed by atoms with van der Waals surface area (Å²) in [5, 5.41) is 13.1. The lowest BCUT2D eigenvalue weighted by atomic mass is 10.1. The first-order valence-corrected chi connectivity index (χ1v) is 7.76. The Morgan fingerprint density at radius 3 is 2.61 bits per heavy atom. The van der Waals surface area contributed by atoms with Crippen LogP contribution in [-0.4, -0.2) is 30.1 Å². The number of aliphatic hydroxyl groups is 1. The molecule has 1 atom stereocenters. The lowest BCUT2D eigenvalue weighted by Gasteiger charge is -2.13. The third-order valence-electron chi connectivity index (χ3n) is 2.76. The van der Waals surface area contributed by atoms with Crippen molar-refractivity contribution in [1.82, 2.24) is 5.32 Å². The van der Waals surface area contributed by atoms with Crippen LogP contribution >= 0.6 is 11.8 Å². The van der Waals surface area contributed by atoms with Crippen LogP contribution in [0.1, 0.15) is 25.0 Å². The molecule has 1 aromatic carbocycles. The number of rotatable bonds is 8. The van der Waals surface area contributed by atoms with E-state index in [0.717, 1.165) is 18.1 Å². The second kappa shape index (κ2) is 8.57. The number of aliphatic hydroxyl groups excluding tert-OH is 1. The molecule has 18 heavy (non-hydrogen) atoms. The highest BCUT2D eigenvalue weighted by Crippen LogP contribution is 2.16. The maximum Gasteiger partial charge on any atom is 0.0754 e. The molecule has 0 aliphatic rings. The van der Waals surface area contributed by atoms with Crippen molar-refractivity contribution in [2.75, 3.05) is 18.8 Å². The van der Waals surface area contributed by atoms with Gasteiger partial charge in [0.15, 0.2) is 0 Å². The first-order valence-electron chi connectivity index (χ1n) is 6.60. The third-order valence-corrected chi connectivity index (χ3v) is 3.90. The Bertz CT molecular complexity index is 341. The van der Waals surface area contributed by atoms with Crippen molar-refractivity contribution in [3.63, 3.8) is 0 Å². The molecule has 0 bridgehead atoms. The molecular formula is C15H25NOS. The number of benzene rings is 1. The normalized spacial score (nSPS) is 12.9. The summed E-state index contributed by atoms with van der Waals surface area (Å²) in [5.41, 5.74) is 2.70. The first kappa shape index (κ1) is 15.5. The molecule has 0 aromatic heterocycles. The smallest absolute Gasteiger partial charge is 0.0754 e. The molecule has 0 saturated heterocycles. The average molecular weight is 267 g/mol. The molecule has 0 amide bonds. The van der Waals surface area contributed by atoms with Crippen LogP contribution in [0.3, 0.4) is 0 Å². The van der Waals surface area contributed by atoms with Crippen LogP contribution in [0.25, 0.3) is 0 Å². The molecule has 0 fully saturated rings. The Balaban J connectivity index is 2.15. The molecule has 1 rings (SSSR count). The lowest BCUT2D eigenvalue weighted by molar-refractivity contribution is 0.194. The number of thioether (sulfide) groups is 1. The van der Waals surface area contributed by atoms with Gasteiger partial charge in [-0.25, -0.2) is 0 Å². The fourth-order valence-electron chi connectivity index (χ4n) is 1.67. The van der Waals surface area contributed by atoms with E-state index in [9.17, 15) is 5.11 Å². The van der Waals surface area contributed by atoms with Gasteiger partial charge in [0.2, 0.25) is 0 Å². The summed E-state index contributed by atoms with van der Waals surface area (Å²) in [6.45, 7) is 8.15. The first-order chi connectivity index (χ1) is 8.59. The monoisotopic (exact) mass is 267 g/mol. The highest BCUT2D eigenvalue weighted by Gasteiger charge is 2.05. The van der Waals surface area contributed by atoms with Crippen molar-refractivity contribution in [1.29, 1.82) is 0 Å². The van der Waals surface area contributed by atoms with E-state index in [-0.39, 0.29) is 6.10 Å². The standard InChI is InChI=1S/C15H25NOS/c1-12(2)8-16-9-15(17)11-18-10-14-7-5-4-6-13(14)3/h4-7,12,15-17H,8-11H2,1-3H3. The Morgan fingerprint density at radius 2 is 1.94 bits per heavy atom. The molecule has 0 spiro atoms. The summed E-state index contributed by atoms with van der Waals surface area (Å²) in [7, 11) is 0. The Morgan fingerprint density at radius 1 is 1.22 bits per heavy atom. The maximum absolute atomic E-state index is 9.83. The number of aryl methyl sites for hydroxylation is 1. The summed E-state index contributed by atoms with van der Waals surface area (Å²) < 4.78 is 0. The number of hydrogen-bond acceptors (Lipinski definition) is 3. The Labute approximate surface area is 115 Å². The van der Waals surface area contributed by atoms with E-state index in [1.54, 1.807) is 11.8 Å². The molecule has 1 aromatic rings. The van der Waals surface area contributed by atoms with Crippen molar-refractivity contribution in [3.8, 4) is 0 Å². The van der Waals surface area contributed by atoms with Crippen LogP contribution in [0.15, 0.2) is 24.3 Å². The van der Waals surface area contributed by atoms with Crippen LogP contribution in [-0.2, 0) is 5.75 Å². The van der Waals surface area contributed by atoms with Crippen LogP contribution in [0.4, 0.5) is 0 Å². The van der Waals surface area contributed by atoms with E-state index in [2.05, 4.69) is 50.4 Å². The van der Waals surface area contributed by atoms with Gasteiger partial charge in [0.1, 0.15) is 0 Å². The fourth-order valence-corrected chi connectivity index (χ4v) is 2.73. The minimum absolute atomic E-state index is 0.252. The van der Waals surface area contributed by atoms with Crippen molar-refractivity contribution in [3.05, 3.63) is 35.4 Å². The molecule has 1 unspecified atom stereocenters. The van der Waals surface area contributed by atoms with Gasteiger partial charge in [-0.15, -0.1) is 0 Å². The Hall–Kier alpha value is -0.510. The highest BCUT2D eigenvalue weighted by atomic mass is 32.2. The summed E-state index contributed by atoms with van der Waals surface area (Å²) in [4.78, 5) is 0. The largest absolute Gasteiger partial charge is 0.391 e. The van der Waals surface area contributed by atoms with Gasteiger partial charge in [-0.3, -0.25) is 0 Å². The number of hydrogen-bond donors (Lipinski definition) is 2. The van der Waals surface area contributed by atoms with E-state index >= 15 is 0 Å². The number of nitrogens with one attached hydrogen (secondary N) is 1. The van der Waals surface area contributed by atoms with Crippen LogP contribution in [0.2, 0.25) is 0 Å². The highest BCUT2D eigenvalue weighted by molar-refractivity contribution is 7.98. The Kier molecular flexibility index (Phi) is 7.40. The average Bonchev–Trinajstić information content (AvgIpc) is 2.31. The van der Waals surface area contributed by atoms with Crippen LogP contribution < -0.4 is 5.32 Å². The SMILES string of the molecule is Cc1ccccc1CSCC(O)CNCC(C)C. The molecule has 0 saturated carbocycles. The van der Waals surface area contributed by atoms with Crippen LogP contribution in [0.5, 0.6) is 0 Å². The van der Waals surface area contributed by atoms with Gasteiger partial charge in [0, 0.05) is 18.1 Å². The topological polar surface area (TPSA) is 32.3 Å². The van der Waals surface area contributed by atoms with E-state index in [1.807, 2.05) is 0 Å². The molecule has 2 nitrogen and oxygen atoms in total. The zero-order valence-corrected chi connectivity index (χ0v) is 12.5. The summed E-state index contributed by atoms with van der Waals surface area (Å²) in [6.07, 6.45) is -0.252. The fraction of sp³-hybridized carbons (Fsp3) is 0.600. The van der Waals surface area contributed by atoms with E-state index in [4.69, 9.17) is 0 Å². The minimum Gasteiger partial charge on any atom is -0.391 e. The van der Waals surface area contributed by atoms with Crippen molar-refractivity contribution >= 4 is 11.8 Å². The molecule has 2 N–H and O–H groups in total. The minimum atomic E-state index is -0.252. The lowest BCUT2D eigenvalue weighted by Crippen LogP contribution is -2.31. The van der Waals surface area contributed by atoms with Gasteiger partial charge in [-0.2, -0.15) is 11.8 Å². The second-order valence-corrected chi connectivity index (χ2v) is 6.18. The molecule has 0 heterocycles. The maximum atomic E-state index is 9.83. The van der Waals surface area contributed by atoms with Gasteiger partial charge in [0.05, 0.1) is 6.10 Å². The van der Waals surface area contributed by atoms with Gasteiger partial charge < -0.3 is 10.4 Å². The van der Waals surface area contributed by atoms with Crippen molar-refractivity contribution < 1.29 is 5.11 Å². The summed E-state index contributed by atoms with van der Waals surface area (Å²) in [5.74, 6) is 2.41. The molecule has 0 radical (unpaired) electrons. The van der Waals surface area contributed by atoms with E-state index < -0.39 is 0 Å². The van der Waals surface area contributed by atoms with Gasteiger partial charge in [-0.1, -0.05) is 38.1 Å². The predicted molar refractivity (Wildman–Crippen MR) is 81.1 cm³/mol. The summed E-state index contributed by atoms with van der Waals surface area (Å²) >= 11 is 1.80. The summed E-state index contributed by atoms with van der Waals surface area (Å²) in [6, 6.07) is 8.43. The van der Waals surface area contributed by atoms with Gasteiger partial charge in [-0.05, 0) is 30.5 Å². The van der Waals surface area contributed by atoms with Crippen molar-refractivity contribution in [2.24, 2.45) is 5.92 Å². The van der Waals surface area contributed by atoms with Gasteiger partial charge >= 0.3 is 0 Å². The molecule has 0 aliphatic carbocycles.